The van der Waals surface area contributed by atoms with Crippen molar-refractivity contribution in [2.24, 2.45) is 4.99 Å². The summed E-state index contributed by atoms with van der Waals surface area (Å²) in [5, 5.41) is 3.39. The van der Waals surface area contributed by atoms with Crippen molar-refractivity contribution in [1.82, 2.24) is 5.32 Å². The zero-order valence-electron chi connectivity index (χ0n) is 15.1. The molecule has 2 aromatic rings. The number of thioether (sulfide) groups is 1. The van der Waals surface area contributed by atoms with Crippen molar-refractivity contribution in [2.45, 2.75) is 13.8 Å². The van der Waals surface area contributed by atoms with Crippen LogP contribution in [0.5, 0.6) is 11.5 Å². The van der Waals surface area contributed by atoms with Gasteiger partial charge in [-0.15, -0.1) is 0 Å². The molecule has 0 spiro atoms. The van der Waals surface area contributed by atoms with Crippen LogP contribution in [-0.2, 0) is 4.79 Å². The Hall–Kier alpha value is -2.73. The van der Waals surface area contributed by atoms with E-state index in [-0.39, 0.29) is 5.91 Å². The molecule has 0 aliphatic carbocycles. The predicted molar refractivity (Wildman–Crippen MR) is 106 cm³/mol. The molecule has 1 N–H and O–H groups in total. The number of hydrogen-bond acceptors (Lipinski definition) is 5. The van der Waals surface area contributed by atoms with Crippen molar-refractivity contribution in [3.05, 3.63) is 58.0 Å². The van der Waals surface area contributed by atoms with Gasteiger partial charge in [0, 0.05) is 5.56 Å². The number of methoxy groups -OCH3 is 2. The number of hydrogen-bond donors (Lipinski definition) is 1. The number of carbonyl (C=O) groups excluding carboxylic acids is 1. The van der Waals surface area contributed by atoms with Crippen LogP contribution < -0.4 is 14.8 Å². The topological polar surface area (TPSA) is 59.9 Å². The van der Waals surface area contributed by atoms with Gasteiger partial charge in [-0.3, -0.25) is 4.79 Å². The standard InChI is InChI=1S/C20H20N2O3S/c1-12-6-5-7-16(13(12)2)21-20-22-19(23)18(26-20)11-14-10-15(24-3)8-9-17(14)25-4/h5-11H,1-4H3,(H,21,22,23). The molecule has 1 fully saturated rings. The Morgan fingerprint density at radius 3 is 2.65 bits per heavy atom. The minimum Gasteiger partial charge on any atom is -0.497 e. The van der Waals surface area contributed by atoms with Gasteiger partial charge in [0.2, 0.25) is 0 Å². The smallest absolute Gasteiger partial charge is 0.264 e. The lowest BCUT2D eigenvalue weighted by molar-refractivity contribution is -0.115. The van der Waals surface area contributed by atoms with E-state index in [1.165, 1.54) is 11.8 Å². The van der Waals surface area contributed by atoms with E-state index in [4.69, 9.17) is 9.47 Å². The first-order valence-corrected chi connectivity index (χ1v) is 8.91. The third-order valence-electron chi connectivity index (χ3n) is 4.17. The van der Waals surface area contributed by atoms with E-state index in [0.29, 0.717) is 21.6 Å². The molecule has 0 saturated carbocycles. The largest absolute Gasteiger partial charge is 0.497 e. The molecule has 0 atom stereocenters. The molecular weight excluding hydrogens is 348 g/mol. The monoisotopic (exact) mass is 368 g/mol. The molecule has 0 unspecified atom stereocenters. The van der Waals surface area contributed by atoms with Crippen molar-refractivity contribution in [3.63, 3.8) is 0 Å². The maximum absolute atomic E-state index is 12.3. The first-order chi connectivity index (χ1) is 12.5. The highest BCUT2D eigenvalue weighted by Gasteiger charge is 2.24. The van der Waals surface area contributed by atoms with Crippen LogP contribution in [0.15, 0.2) is 46.3 Å². The highest BCUT2D eigenvalue weighted by molar-refractivity contribution is 8.18. The summed E-state index contributed by atoms with van der Waals surface area (Å²) in [6, 6.07) is 11.4. The maximum atomic E-state index is 12.3. The number of rotatable bonds is 4. The SMILES string of the molecule is COc1ccc(OC)c(C=C2SC(=Nc3cccc(C)c3C)NC2=O)c1. The average molecular weight is 368 g/mol. The lowest BCUT2D eigenvalue weighted by Gasteiger charge is -2.07. The first-order valence-electron chi connectivity index (χ1n) is 8.09. The fraction of sp³-hybridized carbons (Fsp3) is 0.200. The van der Waals surface area contributed by atoms with E-state index in [0.717, 1.165) is 22.4 Å². The van der Waals surface area contributed by atoms with Gasteiger partial charge in [-0.2, -0.15) is 0 Å². The van der Waals surface area contributed by atoms with Crippen molar-refractivity contribution >= 4 is 34.6 Å². The molecule has 1 heterocycles. The van der Waals surface area contributed by atoms with Gasteiger partial charge in [0.15, 0.2) is 5.17 Å². The van der Waals surface area contributed by atoms with Gasteiger partial charge in [0.25, 0.3) is 5.91 Å². The van der Waals surface area contributed by atoms with Crippen molar-refractivity contribution in [3.8, 4) is 11.5 Å². The van der Waals surface area contributed by atoms with Crippen LogP contribution in [0, 0.1) is 13.8 Å². The zero-order chi connectivity index (χ0) is 18.7. The molecule has 0 bridgehead atoms. The lowest BCUT2D eigenvalue weighted by atomic mass is 10.1. The third-order valence-corrected chi connectivity index (χ3v) is 5.08. The molecule has 1 amide bonds. The van der Waals surface area contributed by atoms with Crippen molar-refractivity contribution in [2.75, 3.05) is 14.2 Å². The quantitative estimate of drug-likeness (QED) is 0.821. The Morgan fingerprint density at radius 2 is 1.92 bits per heavy atom. The van der Waals surface area contributed by atoms with E-state index in [2.05, 4.69) is 10.3 Å². The number of carbonyl (C=O) groups is 1. The van der Waals surface area contributed by atoms with E-state index >= 15 is 0 Å². The van der Waals surface area contributed by atoms with Gasteiger partial charge in [0.05, 0.1) is 24.8 Å². The highest BCUT2D eigenvalue weighted by Crippen LogP contribution is 2.33. The van der Waals surface area contributed by atoms with Gasteiger partial charge >= 0.3 is 0 Å². The number of aryl methyl sites for hydroxylation is 1. The number of nitrogens with zero attached hydrogens (tertiary/aromatic N) is 1. The van der Waals surface area contributed by atoms with Crippen LogP contribution in [0.1, 0.15) is 16.7 Å². The second-order valence-electron chi connectivity index (χ2n) is 5.81. The number of ether oxygens (including phenoxy) is 2. The van der Waals surface area contributed by atoms with Gasteiger partial charge < -0.3 is 14.8 Å². The van der Waals surface area contributed by atoms with Gasteiger partial charge in [-0.05, 0) is 67.1 Å². The van der Waals surface area contributed by atoms with E-state index in [1.807, 2.05) is 50.2 Å². The van der Waals surface area contributed by atoms with E-state index in [9.17, 15) is 4.79 Å². The molecular formula is C20H20N2O3S. The van der Waals surface area contributed by atoms with Crippen molar-refractivity contribution < 1.29 is 14.3 Å². The number of benzene rings is 2. The summed E-state index contributed by atoms with van der Waals surface area (Å²) in [5.74, 6) is 1.20. The maximum Gasteiger partial charge on any atom is 0.264 e. The summed E-state index contributed by atoms with van der Waals surface area (Å²) >= 11 is 1.31. The summed E-state index contributed by atoms with van der Waals surface area (Å²) < 4.78 is 10.6. The molecule has 5 nitrogen and oxygen atoms in total. The van der Waals surface area contributed by atoms with E-state index in [1.54, 1.807) is 20.3 Å². The first kappa shape index (κ1) is 18.1. The third kappa shape index (κ3) is 3.75. The molecule has 1 aliphatic heterocycles. The molecule has 3 rings (SSSR count). The summed E-state index contributed by atoms with van der Waals surface area (Å²) in [6.45, 7) is 4.06. The van der Waals surface area contributed by atoms with Gasteiger partial charge in [0.1, 0.15) is 11.5 Å². The summed E-state index contributed by atoms with van der Waals surface area (Å²) in [7, 11) is 3.20. The highest BCUT2D eigenvalue weighted by atomic mass is 32.2. The number of aliphatic imine (C=N–C) groups is 1. The van der Waals surface area contributed by atoms with Crippen molar-refractivity contribution in [1.29, 1.82) is 0 Å². The molecule has 2 aromatic carbocycles. The molecule has 6 heteroatoms. The van der Waals surface area contributed by atoms with Gasteiger partial charge in [-0.25, -0.2) is 4.99 Å². The van der Waals surface area contributed by atoms with Crippen LogP contribution >= 0.6 is 11.8 Å². The Kier molecular flexibility index (Phi) is 5.32. The van der Waals surface area contributed by atoms with Crippen LogP contribution in [0.3, 0.4) is 0 Å². The lowest BCUT2D eigenvalue weighted by Crippen LogP contribution is -2.19. The molecule has 0 aromatic heterocycles. The Morgan fingerprint density at radius 1 is 1.12 bits per heavy atom. The van der Waals surface area contributed by atoms with Crippen LogP contribution in [-0.4, -0.2) is 25.3 Å². The predicted octanol–water partition coefficient (Wildman–Crippen LogP) is 4.21. The Balaban J connectivity index is 1.92. The minimum absolute atomic E-state index is 0.177. The second-order valence-corrected chi connectivity index (χ2v) is 6.84. The van der Waals surface area contributed by atoms with Gasteiger partial charge in [-0.1, -0.05) is 12.1 Å². The normalized spacial score (nSPS) is 16.8. The second kappa shape index (κ2) is 7.66. The summed E-state index contributed by atoms with van der Waals surface area (Å²) in [5.41, 5.74) is 3.89. The number of amides is 1. The van der Waals surface area contributed by atoms with Crippen LogP contribution in [0.2, 0.25) is 0 Å². The fourth-order valence-corrected chi connectivity index (χ4v) is 3.37. The fourth-order valence-electron chi connectivity index (χ4n) is 2.54. The average Bonchev–Trinajstić information content (AvgIpc) is 2.98. The summed E-state index contributed by atoms with van der Waals surface area (Å²) in [4.78, 5) is 17.5. The van der Waals surface area contributed by atoms with E-state index < -0.39 is 0 Å². The Bertz CT molecular complexity index is 919. The number of amidine groups is 1. The molecule has 134 valence electrons. The number of nitrogens with one attached hydrogen (secondary N) is 1. The summed E-state index contributed by atoms with van der Waals surface area (Å²) in [6.07, 6.45) is 1.78. The zero-order valence-corrected chi connectivity index (χ0v) is 15.9. The van der Waals surface area contributed by atoms with Crippen LogP contribution in [0.4, 0.5) is 5.69 Å². The molecule has 0 radical (unpaired) electrons. The molecule has 1 aliphatic rings. The minimum atomic E-state index is -0.177. The van der Waals surface area contributed by atoms with Crippen LogP contribution in [0.25, 0.3) is 6.08 Å². The molecule has 1 saturated heterocycles. The molecule has 26 heavy (non-hydrogen) atoms. The Labute approximate surface area is 157 Å².